The zero-order valence-electron chi connectivity index (χ0n) is 19.0. The minimum atomic E-state index is -4.61. The number of urea groups is 1. The zero-order chi connectivity index (χ0) is 26.8. The average molecular weight is 524 g/mol. The lowest BCUT2D eigenvalue weighted by molar-refractivity contribution is -0.137. The van der Waals surface area contributed by atoms with Crippen LogP contribution in [0.2, 0.25) is 0 Å². The normalized spacial score (nSPS) is 15.6. The highest BCUT2D eigenvalue weighted by Gasteiger charge is 2.42. The Labute approximate surface area is 207 Å². The molecule has 1 aliphatic heterocycles. The molecule has 0 aliphatic carbocycles. The number of halogens is 5. The third kappa shape index (κ3) is 5.94. The summed E-state index contributed by atoms with van der Waals surface area (Å²) in [5.74, 6) is -3.46. The number of fused-ring (bicyclic) bond motifs is 1. The first-order valence-corrected chi connectivity index (χ1v) is 11.0. The van der Waals surface area contributed by atoms with Crippen molar-refractivity contribution in [1.29, 1.82) is 0 Å². The Balaban J connectivity index is 1.62. The average Bonchev–Trinajstić information content (AvgIpc) is 2.86. The molecule has 0 saturated heterocycles. The predicted molar refractivity (Wildman–Crippen MR) is 122 cm³/mol. The van der Waals surface area contributed by atoms with Crippen LogP contribution in [0.3, 0.4) is 0 Å². The third-order valence-electron chi connectivity index (χ3n) is 5.52. The lowest BCUT2D eigenvalue weighted by Gasteiger charge is -2.33. The number of ether oxygens (including phenoxy) is 1. The van der Waals surface area contributed by atoms with Gasteiger partial charge in [0.05, 0.1) is 23.4 Å². The predicted octanol–water partition coefficient (Wildman–Crippen LogP) is 4.43. The summed E-state index contributed by atoms with van der Waals surface area (Å²) < 4.78 is 74.0. The first-order chi connectivity index (χ1) is 17.5. The van der Waals surface area contributed by atoms with Gasteiger partial charge in [0.25, 0.3) is 5.92 Å². The van der Waals surface area contributed by atoms with Crippen LogP contribution in [-0.4, -0.2) is 52.1 Å². The molecule has 1 unspecified atom stereocenters. The van der Waals surface area contributed by atoms with E-state index in [1.165, 1.54) is 36.5 Å². The summed E-state index contributed by atoms with van der Waals surface area (Å²) >= 11 is 0. The topological polar surface area (TPSA) is 108 Å². The second-order valence-electron chi connectivity index (χ2n) is 8.21. The van der Waals surface area contributed by atoms with Gasteiger partial charge in [0.1, 0.15) is 30.1 Å². The number of aliphatic hydroxyl groups excluding tert-OH is 2. The first-order valence-electron chi connectivity index (χ1n) is 11.0. The van der Waals surface area contributed by atoms with Crippen LogP contribution in [0, 0.1) is 0 Å². The highest BCUT2D eigenvalue weighted by atomic mass is 19.4. The standard InChI is InChI=1S/C24H21F5N4O4/c25-23(26)7-9-33(22(36)32-20-11-17(6-8-30-20)37-13-16(35)12-34)21-18(23)4-5-19(31-21)14-2-1-3-15(10-14)24(27,28)29/h1-6,8,10-11,16,34-35H,7,9,12-13H2,(H,30,32,36). The fourth-order valence-corrected chi connectivity index (χ4v) is 3.64. The number of hydrogen-bond acceptors (Lipinski definition) is 6. The smallest absolute Gasteiger partial charge is 0.416 e. The van der Waals surface area contributed by atoms with E-state index < -0.39 is 54.9 Å². The minimum absolute atomic E-state index is 0.00825. The van der Waals surface area contributed by atoms with Crippen molar-refractivity contribution in [3.05, 3.63) is 65.9 Å². The molecule has 0 saturated carbocycles. The van der Waals surface area contributed by atoms with Crippen LogP contribution < -0.4 is 15.0 Å². The van der Waals surface area contributed by atoms with Gasteiger partial charge in [0.2, 0.25) is 0 Å². The quantitative estimate of drug-likeness (QED) is 0.412. The molecule has 0 spiro atoms. The number of nitrogens with one attached hydrogen (secondary N) is 1. The van der Waals surface area contributed by atoms with Gasteiger partial charge >= 0.3 is 12.2 Å². The lowest BCUT2D eigenvalue weighted by Crippen LogP contribution is -2.43. The molecule has 2 amide bonds. The van der Waals surface area contributed by atoms with Crippen molar-refractivity contribution in [3.63, 3.8) is 0 Å². The van der Waals surface area contributed by atoms with Crippen LogP contribution in [0.5, 0.6) is 5.75 Å². The van der Waals surface area contributed by atoms with Crippen LogP contribution in [0.1, 0.15) is 17.5 Å². The molecule has 3 heterocycles. The summed E-state index contributed by atoms with van der Waals surface area (Å²) in [5, 5.41) is 20.7. The van der Waals surface area contributed by atoms with Crippen LogP contribution >= 0.6 is 0 Å². The second-order valence-corrected chi connectivity index (χ2v) is 8.21. The second kappa shape index (κ2) is 10.3. The van der Waals surface area contributed by atoms with Crippen LogP contribution in [0.4, 0.5) is 38.4 Å². The highest BCUT2D eigenvalue weighted by molar-refractivity contribution is 6.01. The number of aliphatic hydroxyl groups is 2. The molecule has 37 heavy (non-hydrogen) atoms. The maximum Gasteiger partial charge on any atom is 0.416 e. The van der Waals surface area contributed by atoms with Gasteiger partial charge in [-0.3, -0.25) is 10.2 Å². The number of anilines is 2. The molecule has 2 aromatic heterocycles. The Morgan fingerprint density at radius 3 is 2.70 bits per heavy atom. The maximum atomic E-state index is 14.6. The number of alkyl halides is 5. The lowest BCUT2D eigenvalue weighted by atomic mass is 9.99. The number of hydrogen-bond donors (Lipinski definition) is 3. The summed E-state index contributed by atoms with van der Waals surface area (Å²) in [6, 6.07) is 8.44. The van der Waals surface area contributed by atoms with Crippen LogP contribution in [0.25, 0.3) is 11.3 Å². The number of carbonyl (C=O) groups is 1. The fraction of sp³-hybridized carbons (Fsp3) is 0.292. The van der Waals surface area contributed by atoms with Gasteiger partial charge in [-0.2, -0.15) is 13.2 Å². The van der Waals surface area contributed by atoms with Gasteiger partial charge in [0.15, 0.2) is 0 Å². The van der Waals surface area contributed by atoms with Crippen molar-refractivity contribution in [1.82, 2.24) is 9.97 Å². The highest BCUT2D eigenvalue weighted by Crippen LogP contribution is 2.43. The van der Waals surface area contributed by atoms with Crippen molar-refractivity contribution in [3.8, 4) is 17.0 Å². The summed E-state index contributed by atoms with van der Waals surface area (Å²) in [4.78, 5) is 22.1. The van der Waals surface area contributed by atoms with Gasteiger partial charge in [-0.25, -0.2) is 23.5 Å². The van der Waals surface area contributed by atoms with Gasteiger partial charge in [0, 0.05) is 30.8 Å². The molecule has 196 valence electrons. The fourth-order valence-electron chi connectivity index (χ4n) is 3.64. The molecule has 8 nitrogen and oxygen atoms in total. The van der Waals surface area contributed by atoms with E-state index >= 15 is 0 Å². The van der Waals surface area contributed by atoms with E-state index in [9.17, 15) is 31.9 Å². The number of carbonyl (C=O) groups excluding carboxylic acids is 1. The Morgan fingerprint density at radius 2 is 1.97 bits per heavy atom. The molecule has 1 aromatic carbocycles. The van der Waals surface area contributed by atoms with Crippen molar-refractivity contribution in [2.75, 3.05) is 30.0 Å². The van der Waals surface area contributed by atoms with E-state index in [1.807, 2.05) is 0 Å². The molecule has 0 bridgehead atoms. The van der Waals surface area contributed by atoms with Gasteiger partial charge in [-0.05, 0) is 30.3 Å². The number of amides is 2. The number of rotatable bonds is 6. The molecule has 0 fully saturated rings. The minimum Gasteiger partial charge on any atom is -0.491 e. The molecule has 3 N–H and O–H groups in total. The van der Waals surface area contributed by atoms with E-state index in [0.29, 0.717) is 0 Å². The molecule has 3 aromatic rings. The van der Waals surface area contributed by atoms with Crippen molar-refractivity contribution in [2.24, 2.45) is 0 Å². The molecule has 4 rings (SSSR count). The summed E-state index contributed by atoms with van der Waals surface area (Å²) in [6.07, 6.45) is -5.11. The molecular weight excluding hydrogens is 503 g/mol. The molecule has 1 aliphatic rings. The van der Waals surface area contributed by atoms with Crippen molar-refractivity contribution < 1.29 is 41.7 Å². The van der Waals surface area contributed by atoms with Gasteiger partial charge in [-0.15, -0.1) is 0 Å². The van der Waals surface area contributed by atoms with Gasteiger partial charge in [-0.1, -0.05) is 12.1 Å². The molecular formula is C24H21F5N4O4. The maximum absolute atomic E-state index is 14.6. The van der Waals surface area contributed by atoms with Gasteiger partial charge < -0.3 is 14.9 Å². The number of aromatic nitrogens is 2. The molecule has 13 heteroatoms. The Hall–Kier alpha value is -3.84. The number of nitrogens with zero attached hydrogens (tertiary/aromatic N) is 3. The number of benzene rings is 1. The van der Waals surface area contributed by atoms with Crippen LogP contribution in [-0.2, 0) is 12.1 Å². The zero-order valence-corrected chi connectivity index (χ0v) is 19.0. The number of pyridine rings is 2. The Bertz CT molecular complexity index is 1290. The van der Waals surface area contributed by atoms with E-state index in [1.54, 1.807) is 0 Å². The summed E-state index contributed by atoms with van der Waals surface area (Å²) in [7, 11) is 0. The third-order valence-corrected chi connectivity index (χ3v) is 5.52. The van der Waals surface area contributed by atoms with E-state index in [4.69, 9.17) is 9.84 Å². The summed E-state index contributed by atoms with van der Waals surface area (Å²) in [6.45, 7) is -1.14. The largest absolute Gasteiger partial charge is 0.491 e. The first kappa shape index (κ1) is 26.2. The Morgan fingerprint density at radius 1 is 1.19 bits per heavy atom. The van der Waals surface area contributed by atoms with E-state index in [0.717, 1.165) is 23.1 Å². The van der Waals surface area contributed by atoms with E-state index in [-0.39, 0.29) is 35.2 Å². The SMILES string of the molecule is O=C(Nc1cc(OCC(O)CO)ccn1)N1CCC(F)(F)c2ccc(-c3cccc(C(F)(F)F)c3)nc21. The summed E-state index contributed by atoms with van der Waals surface area (Å²) in [5.41, 5.74) is -1.43. The monoisotopic (exact) mass is 524 g/mol. The van der Waals surface area contributed by atoms with Crippen LogP contribution in [0.15, 0.2) is 54.7 Å². The molecule has 0 radical (unpaired) electrons. The van der Waals surface area contributed by atoms with E-state index in [2.05, 4.69) is 15.3 Å². The van der Waals surface area contributed by atoms with Crippen molar-refractivity contribution >= 4 is 17.7 Å². The Kier molecular flexibility index (Phi) is 7.28. The van der Waals surface area contributed by atoms with Crippen molar-refractivity contribution in [2.45, 2.75) is 24.6 Å². The molecule has 1 atom stereocenters.